The van der Waals surface area contributed by atoms with Crippen LogP contribution in [-0.2, 0) is 17.8 Å². The zero-order valence-electron chi connectivity index (χ0n) is 17.9. The minimum atomic E-state index is 0. The summed E-state index contributed by atoms with van der Waals surface area (Å²) in [7, 11) is 3.35. The molecule has 0 atom stereocenters. The molecule has 31 heavy (non-hydrogen) atoms. The Balaban J connectivity index is 0.00000171. The van der Waals surface area contributed by atoms with Gasteiger partial charge in [-0.15, -0.1) is 24.8 Å². The molecule has 0 unspecified atom stereocenters. The van der Waals surface area contributed by atoms with Gasteiger partial charge in [0.25, 0.3) is 0 Å². The van der Waals surface area contributed by atoms with Gasteiger partial charge in [0, 0.05) is 38.3 Å². The lowest BCUT2D eigenvalue weighted by molar-refractivity contribution is 0.0366. The first-order chi connectivity index (χ1) is 14.3. The predicted molar refractivity (Wildman–Crippen MR) is 128 cm³/mol. The molecular weight excluding hydrogens is 439 g/mol. The van der Waals surface area contributed by atoms with Gasteiger partial charge in [-0.25, -0.2) is 4.98 Å². The lowest BCUT2D eigenvalue weighted by Gasteiger charge is -2.27. The molecule has 0 bridgehead atoms. The smallest absolute Gasteiger partial charge is 0.204 e. The number of morpholine rings is 1. The lowest BCUT2D eigenvalue weighted by Crippen LogP contribution is -2.38. The van der Waals surface area contributed by atoms with Gasteiger partial charge in [0.05, 0.1) is 38.5 Å². The molecule has 2 aromatic carbocycles. The molecule has 0 spiro atoms. The van der Waals surface area contributed by atoms with Crippen molar-refractivity contribution in [3.05, 3.63) is 48.0 Å². The van der Waals surface area contributed by atoms with Gasteiger partial charge >= 0.3 is 0 Å². The second-order valence-corrected chi connectivity index (χ2v) is 7.06. The van der Waals surface area contributed by atoms with Crippen LogP contribution in [0.5, 0.6) is 11.5 Å². The summed E-state index contributed by atoms with van der Waals surface area (Å²) in [5, 5.41) is 3.51. The second kappa shape index (κ2) is 12.0. The maximum absolute atomic E-state index is 5.51. The molecule has 4 rings (SSSR count). The summed E-state index contributed by atoms with van der Waals surface area (Å²) in [6, 6.07) is 14.1. The first-order valence-corrected chi connectivity index (χ1v) is 9.98. The van der Waals surface area contributed by atoms with Crippen molar-refractivity contribution < 1.29 is 14.2 Å². The highest BCUT2D eigenvalue weighted by molar-refractivity contribution is 5.85. The number of anilines is 1. The lowest BCUT2D eigenvalue weighted by atomic mass is 10.2. The highest BCUT2D eigenvalue weighted by Crippen LogP contribution is 2.26. The van der Waals surface area contributed by atoms with Crippen LogP contribution in [0.1, 0.15) is 5.56 Å². The van der Waals surface area contributed by atoms with Gasteiger partial charge in [-0.2, -0.15) is 0 Å². The molecule has 1 aliphatic heterocycles. The quantitative estimate of drug-likeness (QED) is 0.541. The summed E-state index contributed by atoms with van der Waals surface area (Å²) >= 11 is 0. The highest BCUT2D eigenvalue weighted by atomic mass is 35.5. The number of nitrogens with zero attached hydrogens (tertiary/aromatic N) is 3. The molecule has 9 heteroatoms. The van der Waals surface area contributed by atoms with Gasteiger partial charge in [0.15, 0.2) is 0 Å². The number of fused-ring (bicyclic) bond motifs is 1. The Morgan fingerprint density at radius 1 is 1.00 bits per heavy atom. The van der Waals surface area contributed by atoms with E-state index in [1.54, 1.807) is 14.2 Å². The van der Waals surface area contributed by atoms with Crippen LogP contribution >= 0.6 is 24.8 Å². The molecule has 0 amide bonds. The fourth-order valence-electron chi connectivity index (χ4n) is 3.70. The fraction of sp³-hybridized carbons (Fsp3) is 0.409. The average molecular weight is 469 g/mol. The predicted octanol–water partition coefficient (Wildman–Crippen LogP) is 3.84. The van der Waals surface area contributed by atoms with Gasteiger partial charge in [0.1, 0.15) is 11.5 Å². The number of para-hydroxylation sites is 2. The maximum Gasteiger partial charge on any atom is 0.204 e. The molecule has 3 aromatic rings. The van der Waals surface area contributed by atoms with Crippen LogP contribution in [0.15, 0.2) is 42.5 Å². The van der Waals surface area contributed by atoms with E-state index in [2.05, 4.69) is 33.0 Å². The van der Waals surface area contributed by atoms with Crippen molar-refractivity contribution in [2.45, 2.75) is 13.1 Å². The minimum Gasteiger partial charge on any atom is -0.497 e. The van der Waals surface area contributed by atoms with Crippen molar-refractivity contribution in [1.82, 2.24) is 14.5 Å². The Morgan fingerprint density at radius 3 is 2.52 bits per heavy atom. The number of ether oxygens (including phenoxy) is 3. The van der Waals surface area contributed by atoms with Crippen molar-refractivity contribution in [3.63, 3.8) is 0 Å². The molecule has 7 nitrogen and oxygen atoms in total. The molecule has 0 aliphatic carbocycles. The summed E-state index contributed by atoms with van der Waals surface area (Å²) in [6.07, 6.45) is 0. The van der Waals surface area contributed by atoms with Crippen LogP contribution in [0.2, 0.25) is 0 Å². The number of halogens is 2. The van der Waals surface area contributed by atoms with Crippen molar-refractivity contribution in [3.8, 4) is 11.5 Å². The molecule has 1 aromatic heterocycles. The molecule has 2 heterocycles. The number of nitrogens with one attached hydrogen (secondary N) is 1. The second-order valence-electron chi connectivity index (χ2n) is 7.06. The van der Waals surface area contributed by atoms with Crippen LogP contribution in [0.3, 0.4) is 0 Å². The summed E-state index contributed by atoms with van der Waals surface area (Å²) in [6.45, 7) is 6.03. The van der Waals surface area contributed by atoms with Crippen molar-refractivity contribution in [2.24, 2.45) is 0 Å². The number of hydrogen-bond donors (Lipinski definition) is 1. The van der Waals surface area contributed by atoms with E-state index in [0.29, 0.717) is 6.54 Å². The topological polar surface area (TPSA) is 60.8 Å². The molecule has 1 aliphatic rings. The molecule has 0 radical (unpaired) electrons. The van der Waals surface area contributed by atoms with Gasteiger partial charge in [-0.05, 0) is 30.3 Å². The zero-order valence-corrected chi connectivity index (χ0v) is 19.5. The Hall–Kier alpha value is -2.19. The first kappa shape index (κ1) is 25.1. The van der Waals surface area contributed by atoms with E-state index in [9.17, 15) is 0 Å². The van der Waals surface area contributed by atoms with E-state index in [1.807, 2.05) is 24.3 Å². The van der Waals surface area contributed by atoms with Crippen LogP contribution in [0.4, 0.5) is 5.95 Å². The summed E-state index contributed by atoms with van der Waals surface area (Å²) in [5.41, 5.74) is 3.16. The van der Waals surface area contributed by atoms with Crippen molar-refractivity contribution in [2.75, 3.05) is 52.4 Å². The van der Waals surface area contributed by atoms with E-state index in [0.717, 1.165) is 73.4 Å². The van der Waals surface area contributed by atoms with Crippen molar-refractivity contribution in [1.29, 1.82) is 0 Å². The van der Waals surface area contributed by atoms with Gasteiger partial charge in [0.2, 0.25) is 5.95 Å². The maximum atomic E-state index is 5.51. The van der Waals surface area contributed by atoms with Crippen molar-refractivity contribution >= 4 is 41.8 Å². The Labute approximate surface area is 195 Å². The third kappa shape index (κ3) is 5.95. The van der Waals surface area contributed by atoms with E-state index in [4.69, 9.17) is 19.2 Å². The molecule has 1 fully saturated rings. The standard InChI is InChI=1S/C22H28N4O3.2ClH/c1-27-18-7-8-21(28-2)17(15-18)16-23-22-24-19-5-3-4-6-20(19)26(22)10-9-25-11-13-29-14-12-25;;/h3-8,15H,9-14,16H2,1-2H3,(H,23,24);2*1H. The number of benzene rings is 2. The zero-order chi connectivity index (χ0) is 20.1. The van der Waals surface area contributed by atoms with Crippen LogP contribution in [0.25, 0.3) is 11.0 Å². The van der Waals surface area contributed by atoms with Gasteiger partial charge in [-0.3, -0.25) is 4.90 Å². The fourth-order valence-corrected chi connectivity index (χ4v) is 3.70. The van der Waals surface area contributed by atoms with Gasteiger partial charge in [-0.1, -0.05) is 12.1 Å². The monoisotopic (exact) mass is 468 g/mol. The Kier molecular flexibility index (Phi) is 9.71. The third-order valence-electron chi connectivity index (χ3n) is 5.32. The summed E-state index contributed by atoms with van der Waals surface area (Å²) < 4.78 is 18.6. The van der Waals surface area contributed by atoms with E-state index in [-0.39, 0.29) is 24.8 Å². The highest BCUT2D eigenvalue weighted by Gasteiger charge is 2.15. The van der Waals surface area contributed by atoms with Crippen LogP contribution in [0, 0.1) is 0 Å². The van der Waals surface area contributed by atoms with Crippen LogP contribution < -0.4 is 14.8 Å². The number of hydrogen-bond acceptors (Lipinski definition) is 6. The average Bonchev–Trinajstić information content (AvgIpc) is 3.14. The largest absolute Gasteiger partial charge is 0.497 e. The first-order valence-electron chi connectivity index (χ1n) is 9.98. The van der Waals surface area contributed by atoms with Gasteiger partial charge < -0.3 is 24.1 Å². The number of rotatable bonds is 8. The minimum absolute atomic E-state index is 0. The van der Waals surface area contributed by atoms with E-state index in [1.165, 1.54) is 0 Å². The van der Waals surface area contributed by atoms with Crippen LogP contribution in [-0.4, -0.2) is 61.5 Å². The molecule has 1 N–H and O–H groups in total. The molecule has 1 saturated heterocycles. The summed E-state index contributed by atoms with van der Waals surface area (Å²) in [4.78, 5) is 7.26. The molecular formula is C22H30Cl2N4O3. The van der Waals surface area contributed by atoms with E-state index >= 15 is 0 Å². The number of methoxy groups -OCH3 is 2. The molecule has 170 valence electrons. The molecule has 0 saturated carbocycles. The normalized spacial score (nSPS) is 13.9. The number of imidazole rings is 1. The number of aromatic nitrogens is 2. The Bertz CT molecular complexity index is 961. The Morgan fingerprint density at radius 2 is 1.77 bits per heavy atom. The van der Waals surface area contributed by atoms with E-state index < -0.39 is 0 Å². The SMILES string of the molecule is COc1ccc(OC)c(CNc2nc3ccccc3n2CCN2CCOCC2)c1.Cl.Cl. The summed E-state index contributed by atoms with van der Waals surface area (Å²) in [5.74, 6) is 2.50. The third-order valence-corrected chi connectivity index (χ3v) is 5.32.